The van der Waals surface area contributed by atoms with Crippen LogP contribution in [0.4, 0.5) is 0 Å². The van der Waals surface area contributed by atoms with Crippen molar-refractivity contribution in [2.45, 2.75) is 11.3 Å². The quantitative estimate of drug-likeness (QED) is 0.515. The lowest BCUT2D eigenvalue weighted by Gasteiger charge is -2.16. The molecule has 0 unspecified atom stereocenters. The van der Waals surface area contributed by atoms with Crippen molar-refractivity contribution >= 4 is 21.6 Å². The zero-order valence-electron chi connectivity index (χ0n) is 11.7. The van der Waals surface area contributed by atoms with Gasteiger partial charge < -0.3 is 9.47 Å². The van der Waals surface area contributed by atoms with Crippen LogP contribution >= 0.6 is 11.6 Å². The first kappa shape index (κ1) is 17.2. The number of hydrogen-bond donors (Lipinski definition) is 0. The molecule has 0 spiro atoms. The number of ether oxygens (including phenoxy) is 2. The van der Waals surface area contributed by atoms with Gasteiger partial charge in [0.2, 0.25) is 10.0 Å². The molecule has 0 saturated heterocycles. The van der Waals surface area contributed by atoms with E-state index in [1.54, 1.807) is 12.1 Å². The molecule has 0 radical (unpaired) electrons. The molecule has 0 aliphatic rings. The first-order valence-corrected chi connectivity index (χ1v) is 8.24. The van der Waals surface area contributed by atoms with Crippen LogP contribution in [0.2, 0.25) is 0 Å². The highest BCUT2D eigenvalue weighted by Gasteiger charge is 2.20. The van der Waals surface area contributed by atoms with Gasteiger partial charge in [-0.1, -0.05) is 0 Å². The standard InChI is InChI=1S/C13H20ClNO4S/c1-15(9-11-18-2)20(16,17)13-6-4-12(5-7-13)19-10-3-8-14/h4-7H,3,8-11H2,1-2H3. The second-order valence-corrected chi connectivity index (χ2v) is 6.60. The molecule has 1 aromatic carbocycles. The van der Waals surface area contributed by atoms with Crippen molar-refractivity contribution in [2.75, 3.05) is 39.8 Å². The average Bonchev–Trinajstić information content (AvgIpc) is 2.45. The lowest BCUT2D eigenvalue weighted by Crippen LogP contribution is -2.30. The molecule has 0 bridgehead atoms. The fourth-order valence-electron chi connectivity index (χ4n) is 1.47. The number of methoxy groups -OCH3 is 1. The van der Waals surface area contributed by atoms with Gasteiger partial charge in [-0.2, -0.15) is 4.31 Å². The Morgan fingerprint density at radius 2 is 1.85 bits per heavy atom. The van der Waals surface area contributed by atoms with Gasteiger partial charge >= 0.3 is 0 Å². The van der Waals surface area contributed by atoms with Crippen molar-refractivity contribution in [3.8, 4) is 5.75 Å². The van der Waals surface area contributed by atoms with Gasteiger partial charge in [0.1, 0.15) is 5.75 Å². The van der Waals surface area contributed by atoms with E-state index in [-0.39, 0.29) is 4.90 Å². The van der Waals surface area contributed by atoms with Gasteiger partial charge in [-0.3, -0.25) is 0 Å². The Labute approximate surface area is 125 Å². The maximum atomic E-state index is 12.2. The van der Waals surface area contributed by atoms with Crippen LogP contribution in [0.25, 0.3) is 0 Å². The molecule has 0 aliphatic carbocycles. The molecule has 7 heteroatoms. The molecular formula is C13H20ClNO4S. The number of hydrogen-bond acceptors (Lipinski definition) is 4. The van der Waals surface area contributed by atoms with Gasteiger partial charge in [-0.15, -0.1) is 11.6 Å². The Bertz CT molecular complexity index is 490. The van der Waals surface area contributed by atoms with E-state index in [9.17, 15) is 8.42 Å². The van der Waals surface area contributed by atoms with Crippen molar-refractivity contribution in [1.29, 1.82) is 0 Å². The minimum absolute atomic E-state index is 0.237. The summed E-state index contributed by atoms with van der Waals surface area (Å²) in [6.45, 7) is 1.19. The molecule has 0 saturated carbocycles. The Morgan fingerprint density at radius 1 is 1.20 bits per heavy atom. The number of likely N-dealkylation sites (N-methyl/N-ethyl adjacent to an activating group) is 1. The number of rotatable bonds is 9. The third kappa shape index (κ3) is 4.94. The predicted molar refractivity (Wildman–Crippen MR) is 79.0 cm³/mol. The number of alkyl halides is 1. The summed E-state index contributed by atoms with van der Waals surface area (Å²) >= 11 is 5.55. The molecule has 0 aromatic heterocycles. The van der Waals surface area contributed by atoms with E-state index in [0.29, 0.717) is 31.4 Å². The highest BCUT2D eigenvalue weighted by atomic mass is 35.5. The molecule has 0 amide bonds. The van der Waals surface area contributed by atoms with Crippen LogP contribution in [-0.2, 0) is 14.8 Å². The highest BCUT2D eigenvalue weighted by molar-refractivity contribution is 7.89. The summed E-state index contributed by atoms with van der Waals surface area (Å²) < 4.78 is 36.0. The van der Waals surface area contributed by atoms with Gasteiger partial charge in [0, 0.05) is 26.6 Å². The van der Waals surface area contributed by atoms with Gasteiger partial charge in [-0.05, 0) is 30.7 Å². The number of benzene rings is 1. The maximum Gasteiger partial charge on any atom is 0.242 e. The van der Waals surface area contributed by atoms with Crippen molar-refractivity contribution in [2.24, 2.45) is 0 Å². The molecule has 114 valence electrons. The fourth-order valence-corrected chi connectivity index (χ4v) is 2.74. The molecule has 0 fully saturated rings. The largest absolute Gasteiger partial charge is 0.494 e. The Hall–Kier alpha value is -0.820. The number of halogens is 1. The van der Waals surface area contributed by atoms with Gasteiger partial charge in [-0.25, -0.2) is 8.42 Å². The number of nitrogens with zero attached hydrogens (tertiary/aromatic N) is 1. The topological polar surface area (TPSA) is 55.8 Å². The van der Waals surface area contributed by atoms with Crippen molar-refractivity contribution in [3.05, 3.63) is 24.3 Å². The van der Waals surface area contributed by atoms with Gasteiger partial charge in [0.15, 0.2) is 0 Å². The fraction of sp³-hybridized carbons (Fsp3) is 0.538. The van der Waals surface area contributed by atoms with E-state index < -0.39 is 10.0 Å². The van der Waals surface area contributed by atoms with Crippen LogP contribution in [0.15, 0.2) is 29.2 Å². The summed E-state index contributed by atoms with van der Waals surface area (Å²) in [6.07, 6.45) is 0.751. The second kappa shape index (κ2) is 8.46. The Morgan fingerprint density at radius 3 is 2.40 bits per heavy atom. The van der Waals surface area contributed by atoms with E-state index >= 15 is 0 Å². The Balaban J connectivity index is 2.71. The SMILES string of the molecule is COCCN(C)S(=O)(=O)c1ccc(OCCCCl)cc1. The lowest BCUT2D eigenvalue weighted by atomic mass is 10.3. The maximum absolute atomic E-state index is 12.2. The Kier molecular flexibility index (Phi) is 7.29. The van der Waals surface area contributed by atoms with Crippen LogP contribution in [0, 0.1) is 0 Å². The smallest absolute Gasteiger partial charge is 0.242 e. The first-order chi connectivity index (χ1) is 9.52. The highest BCUT2D eigenvalue weighted by Crippen LogP contribution is 2.18. The van der Waals surface area contributed by atoms with E-state index in [4.69, 9.17) is 21.1 Å². The minimum atomic E-state index is -3.48. The summed E-state index contributed by atoms with van der Waals surface area (Å²) in [4.78, 5) is 0.237. The molecule has 0 aliphatic heterocycles. The monoisotopic (exact) mass is 321 g/mol. The zero-order chi connectivity index (χ0) is 15.0. The second-order valence-electron chi connectivity index (χ2n) is 4.18. The molecule has 0 heterocycles. The number of sulfonamides is 1. The zero-order valence-corrected chi connectivity index (χ0v) is 13.3. The van der Waals surface area contributed by atoms with E-state index in [0.717, 1.165) is 6.42 Å². The minimum Gasteiger partial charge on any atom is -0.494 e. The summed E-state index contributed by atoms with van der Waals surface area (Å²) in [5.74, 6) is 1.17. The third-order valence-electron chi connectivity index (χ3n) is 2.69. The average molecular weight is 322 g/mol. The lowest BCUT2D eigenvalue weighted by molar-refractivity contribution is 0.185. The van der Waals surface area contributed by atoms with Crippen molar-refractivity contribution < 1.29 is 17.9 Å². The summed E-state index contributed by atoms with van der Waals surface area (Å²) in [6, 6.07) is 6.36. The normalized spacial score (nSPS) is 11.8. The summed E-state index contributed by atoms with van der Waals surface area (Å²) in [7, 11) is -0.414. The van der Waals surface area contributed by atoms with Crippen LogP contribution in [0.3, 0.4) is 0 Å². The summed E-state index contributed by atoms with van der Waals surface area (Å²) in [5.41, 5.74) is 0. The molecule has 0 atom stereocenters. The van der Waals surface area contributed by atoms with Crippen molar-refractivity contribution in [1.82, 2.24) is 4.31 Å². The van der Waals surface area contributed by atoms with Crippen molar-refractivity contribution in [3.63, 3.8) is 0 Å². The van der Waals surface area contributed by atoms with Crippen LogP contribution in [0.1, 0.15) is 6.42 Å². The van der Waals surface area contributed by atoms with E-state index in [1.165, 1.54) is 30.6 Å². The first-order valence-electron chi connectivity index (χ1n) is 6.26. The molecule has 0 N–H and O–H groups in total. The van der Waals surface area contributed by atoms with Crippen LogP contribution in [0.5, 0.6) is 5.75 Å². The predicted octanol–water partition coefficient (Wildman–Crippen LogP) is 1.96. The molecule has 1 rings (SSSR count). The molecule has 5 nitrogen and oxygen atoms in total. The molecule has 20 heavy (non-hydrogen) atoms. The summed E-state index contributed by atoms with van der Waals surface area (Å²) in [5, 5.41) is 0. The van der Waals surface area contributed by atoms with Crippen LogP contribution < -0.4 is 4.74 Å². The van der Waals surface area contributed by atoms with Gasteiger partial charge in [0.05, 0.1) is 18.1 Å². The van der Waals surface area contributed by atoms with Gasteiger partial charge in [0.25, 0.3) is 0 Å². The van der Waals surface area contributed by atoms with Crippen LogP contribution in [-0.4, -0.2) is 52.5 Å². The van der Waals surface area contributed by atoms with E-state index in [2.05, 4.69) is 0 Å². The molecular weight excluding hydrogens is 302 g/mol. The third-order valence-corrected chi connectivity index (χ3v) is 4.83. The van der Waals surface area contributed by atoms with E-state index in [1.807, 2.05) is 0 Å². The molecule has 1 aromatic rings.